The highest BCUT2D eigenvalue weighted by molar-refractivity contribution is 7.93. The van der Waals surface area contributed by atoms with E-state index in [9.17, 15) is 16.8 Å². The molecule has 0 aliphatic carbocycles. The van der Waals surface area contributed by atoms with Crippen molar-refractivity contribution in [2.75, 3.05) is 9.44 Å². The van der Waals surface area contributed by atoms with E-state index in [2.05, 4.69) is 14.4 Å². The number of aromatic nitrogens is 1. The molecule has 0 aliphatic heterocycles. The molecule has 1 aromatic heterocycles. The van der Waals surface area contributed by atoms with Crippen LogP contribution in [0.1, 0.15) is 5.56 Å². The van der Waals surface area contributed by atoms with Gasteiger partial charge in [0.15, 0.2) is 5.13 Å². The first kappa shape index (κ1) is 23.2. The Labute approximate surface area is 201 Å². The van der Waals surface area contributed by atoms with Gasteiger partial charge in [-0.1, -0.05) is 47.5 Å². The third kappa shape index (κ3) is 5.36. The number of thiazole rings is 1. The van der Waals surface area contributed by atoms with Gasteiger partial charge < -0.3 is 0 Å². The molecule has 0 saturated carbocycles. The number of benzene rings is 3. The fraction of sp³-hybridized carbons (Fsp3) is 0.0455. The molecule has 0 amide bonds. The van der Waals surface area contributed by atoms with E-state index >= 15 is 0 Å². The topological polar surface area (TPSA) is 105 Å². The van der Waals surface area contributed by atoms with Crippen molar-refractivity contribution in [1.82, 2.24) is 4.98 Å². The van der Waals surface area contributed by atoms with Crippen molar-refractivity contribution in [1.29, 1.82) is 0 Å². The molecule has 0 fully saturated rings. The SMILES string of the molecule is Cc1ccc(S(=O)(=O)Nc2nc(-c3ccccc3NS(=O)(=O)c3ccc(Cl)cc3)cs2)cc1. The van der Waals surface area contributed by atoms with E-state index in [1.54, 1.807) is 41.8 Å². The lowest BCUT2D eigenvalue weighted by molar-refractivity contribution is 0.599. The molecular weight excluding hydrogens is 502 g/mol. The molecule has 0 radical (unpaired) electrons. The van der Waals surface area contributed by atoms with Crippen molar-refractivity contribution in [2.24, 2.45) is 0 Å². The average Bonchev–Trinajstić information content (AvgIpc) is 3.22. The van der Waals surface area contributed by atoms with E-state index in [1.165, 1.54) is 36.4 Å². The molecule has 0 aliphatic rings. The van der Waals surface area contributed by atoms with Gasteiger partial charge in [0, 0.05) is 16.0 Å². The number of nitrogens with zero attached hydrogens (tertiary/aromatic N) is 1. The van der Waals surface area contributed by atoms with Gasteiger partial charge >= 0.3 is 0 Å². The van der Waals surface area contributed by atoms with Crippen LogP contribution in [0.3, 0.4) is 0 Å². The van der Waals surface area contributed by atoms with Gasteiger partial charge in [0.25, 0.3) is 20.0 Å². The summed E-state index contributed by atoms with van der Waals surface area (Å²) in [6.45, 7) is 1.87. The number of rotatable bonds is 7. The predicted octanol–water partition coefficient (Wildman–Crippen LogP) is 5.37. The highest BCUT2D eigenvalue weighted by Gasteiger charge is 2.19. The zero-order valence-electron chi connectivity index (χ0n) is 17.2. The van der Waals surface area contributed by atoms with Crippen LogP contribution < -0.4 is 9.44 Å². The molecule has 0 bridgehead atoms. The normalized spacial score (nSPS) is 11.8. The molecule has 4 rings (SSSR count). The molecule has 11 heteroatoms. The van der Waals surface area contributed by atoms with Gasteiger partial charge in [-0.15, -0.1) is 11.3 Å². The maximum Gasteiger partial charge on any atom is 0.263 e. The lowest BCUT2D eigenvalue weighted by Gasteiger charge is -2.11. The highest BCUT2D eigenvalue weighted by atomic mass is 35.5. The molecule has 0 atom stereocenters. The summed E-state index contributed by atoms with van der Waals surface area (Å²) >= 11 is 6.95. The lowest BCUT2D eigenvalue weighted by atomic mass is 10.1. The third-order valence-electron chi connectivity index (χ3n) is 4.63. The van der Waals surface area contributed by atoms with Crippen molar-refractivity contribution < 1.29 is 16.8 Å². The van der Waals surface area contributed by atoms with Crippen molar-refractivity contribution >= 4 is 53.8 Å². The highest BCUT2D eigenvalue weighted by Crippen LogP contribution is 2.32. The molecular formula is C22H18ClN3O4S3. The van der Waals surface area contributed by atoms with Gasteiger partial charge in [-0.25, -0.2) is 21.8 Å². The second-order valence-corrected chi connectivity index (χ2v) is 11.7. The smallest absolute Gasteiger partial charge is 0.263 e. The first-order chi connectivity index (χ1) is 15.6. The Hall–Kier alpha value is -2.92. The summed E-state index contributed by atoms with van der Waals surface area (Å²) < 4.78 is 55.9. The minimum atomic E-state index is -3.87. The summed E-state index contributed by atoms with van der Waals surface area (Å²) in [5, 5.41) is 2.25. The molecule has 7 nitrogen and oxygen atoms in total. The van der Waals surface area contributed by atoms with Crippen LogP contribution >= 0.6 is 22.9 Å². The van der Waals surface area contributed by atoms with Crippen LogP contribution in [0.15, 0.2) is 88.0 Å². The summed E-state index contributed by atoms with van der Waals surface area (Å²) in [6.07, 6.45) is 0. The molecule has 170 valence electrons. The van der Waals surface area contributed by atoms with Crippen LogP contribution in [0.2, 0.25) is 5.02 Å². The van der Waals surface area contributed by atoms with Crippen LogP contribution in [0.4, 0.5) is 10.8 Å². The van der Waals surface area contributed by atoms with E-state index in [0.29, 0.717) is 22.0 Å². The van der Waals surface area contributed by atoms with Crippen LogP contribution in [0.25, 0.3) is 11.3 Å². The number of anilines is 2. The standard InChI is InChI=1S/C22H18ClN3O4S3/c1-15-6-10-17(11-7-15)33(29,30)26-22-24-21(14-31-22)19-4-2-3-5-20(19)25-32(27,28)18-12-8-16(23)9-13-18/h2-14,25H,1H3,(H,24,26). The number of para-hydroxylation sites is 1. The van der Waals surface area contributed by atoms with Gasteiger partial charge in [0.2, 0.25) is 0 Å². The van der Waals surface area contributed by atoms with Crippen LogP contribution in [-0.4, -0.2) is 21.8 Å². The minimum Gasteiger partial charge on any atom is -0.279 e. The summed E-state index contributed by atoms with van der Waals surface area (Å²) in [6, 6.07) is 19.0. The Morgan fingerprint density at radius 2 is 1.36 bits per heavy atom. The number of hydrogen-bond donors (Lipinski definition) is 2. The Bertz CT molecular complexity index is 1500. The third-order valence-corrected chi connectivity index (χ3v) is 8.50. The second kappa shape index (κ2) is 9.14. The second-order valence-electron chi connectivity index (χ2n) is 7.06. The van der Waals surface area contributed by atoms with E-state index < -0.39 is 20.0 Å². The van der Waals surface area contributed by atoms with E-state index in [4.69, 9.17) is 11.6 Å². The van der Waals surface area contributed by atoms with Crippen LogP contribution in [-0.2, 0) is 20.0 Å². The van der Waals surface area contributed by atoms with E-state index in [1.807, 2.05) is 6.92 Å². The summed E-state index contributed by atoms with van der Waals surface area (Å²) in [4.78, 5) is 4.55. The monoisotopic (exact) mass is 519 g/mol. The van der Waals surface area contributed by atoms with E-state index in [0.717, 1.165) is 16.9 Å². The summed E-state index contributed by atoms with van der Waals surface area (Å²) in [5.74, 6) is 0. The zero-order chi connectivity index (χ0) is 23.6. The Kier molecular flexibility index (Phi) is 6.44. The van der Waals surface area contributed by atoms with Crippen molar-refractivity contribution in [3.05, 3.63) is 88.8 Å². The Balaban J connectivity index is 1.60. The van der Waals surface area contributed by atoms with Crippen molar-refractivity contribution in [3.63, 3.8) is 0 Å². The van der Waals surface area contributed by atoms with Gasteiger partial charge in [-0.3, -0.25) is 9.44 Å². The first-order valence-corrected chi connectivity index (χ1v) is 13.8. The summed E-state index contributed by atoms with van der Waals surface area (Å²) in [5.41, 5.74) is 2.19. The zero-order valence-corrected chi connectivity index (χ0v) is 20.4. The Morgan fingerprint density at radius 1 is 0.788 bits per heavy atom. The maximum absolute atomic E-state index is 12.8. The summed E-state index contributed by atoms with van der Waals surface area (Å²) in [7, 11) is -7.67. The molecule has 0 unspecified atom stereocenters. The number of hydrogen-bond acceptors (Lipinski definition) is 6. The molecule has 2 N–H and O–H groups in total. The molecule has 0 saturated heterocycles. The number of aryl methyl sites for hydroxylation is 1. The molecule has 0 spiro atoms. The van der Waals surface area contributed by atoms with Gasteiger partial charge in [-0.05, 0) is 49.4 Å². The van der Waals surface area contributed by atoms with Gasteiger partial charge in [0.1, 0.15) is 0 Å². The molecule has 4 aromatic rings. The predicted molar refractivity (Wildman–Crippen MR) is 132 cm³/mol. The van der Waals surface area contributed by atoms with Crippen LogP contribution in [0.5, 0.6) is 0 Å². The molecule has 33 heavy (non-hydrogen) atoms. The fourth-order valence-corrected chi connectivity index (χ4v) is 6.12. The number of halogens is 1. The first-order valence-electron chi connectivity index (χ1n) is 9.57. The average molecular weight is 520 g/mol. The van der Waals surface area contributed by atoms with Crippen LogP contribution in [0, 0.1) is 6.92 Å². The number of nitrogens with one attached hydrogen (secondary N) is 2. The lowest BCUT2D eigenvalue weighted by Crippen LogP contribution is -2.13. The van der Waals surface area contributed by atoms with Crippen molar-refractivity contribution in [2.45, 2.75) is 16.7 Å². The van der Waals surface area contributed by atoms with Gasteiger partial charge in [-0.2, -0.15) is 0 Å². The fourth-order valence-electron chi connectivity index (χ4n) is 2.95. The van der Waals surface area contributed by atoms with E-state index in [-0.39, 0.29) is 14.9 Å². The maximum atomic E-state index is 12.8. The van der Waals surface area contributed by atoms with Gasteiger partial charge in [0.05, 0.1) is 21.2 Å². The van der Waals surface area contributed by atoms with Crippen molar-refractivity contribution in [3.8, 4) is 11.3 Å². The Morgan fingerprint density at radius 3 is 2.03 bits per heavy atom. The molecule has 3 aromatic carbocycles. The largest absolute Gasteiger partial charge is 0.279 e. The molecule has 1 heterocycles. The quantitative estimate of drug-likeness (QED) is 0.341. The number of sulfonamides is 2. The minimum absolute atomic E-state index is 0.0616.